The predicted octanol–water partition coefficient (Wildman–Crippen LogP) is 0.982. The van der Waals surface area contributed by atoms with Crippen LogP contribution in [0.25, 0.3) is 0 Å². The number of hydrogen-bond donors (Lipinski definition) is 1. The lowest BCUT2D eigenvalue weighted by atomic mass is 9.81. The number of aliphatic carboxylic acids is 1. The average molecular weight is 243 g/mol. The van der Waals surface area contributed by atoms with Crippen LogP contribution in [0.3, 0.4) is 0 Å². The van der Waals surface area contributed by atoms with Crippen molar-refractivity contribution in [2.24, 2.45) is 11.3 Å². The van der Waals surface area contributed by atoms with E-state index < -0.39 is 11.9 Å². The molecule has 1 rings (SSSR count). The van der Waals surface area contributed by atoms with Gasteiger partial charge in [0.2, 0.25) is 5.91 Å². The Morgan fingerprint density at radius 3 is 2.35 bits per heavy atom. The molecule has 0 radical (unpaired) electrons. The van der Waals surface area contributed by atoms with Gasteiger partial charge in [-0.2, -0.15) is 0 Å². The molecule has 0 aromatic carbocycles. The topological polar surface area (TPSA) is 66.8 Å². The van der Waals surface area contributed by atoms with Gasteiger partial charge in [-0.1, -0.05) is 6.92 Å². The van der Waals surface area contributed by atoms with Gasteiger partial charge >= 0.3 is 5.97 Å². The van der Waals surface area contributed by atoms with E-state index in [4.69, 9.17) is 9.84 Å². The Hall–Kier alpha value is -1.10. The highest BCUT2D eigenvalue weighted by Crippen LogP contribution is 2.31. The monoisotopic (exact) mass is 243 g/mol. The van der Waals surface area contributed by atoms with Crippen LogP contribution in [0.4, 0.5) is 0 Å². The number of rotatable bonds is 4. The molecule has 5 nitrogen and oxygen atoms in total. The van der Waals surface area contributed by atoms with Gasteiger partial charge in [0, 0.05) is 20.2 Å². The molecule has 0 saturated carbocycles. The number of nitrogens with zero attached hydrogens (tertiary/aromatic N) is 1. The molecule has 1 N–H and O–H groups in total. The standard InChI is InChI=1S/C12H21NO4/c1-9(11(15)16)10(14)13-6-4-12(2,5-7-13)8-17-3/h9H,4-8H2,1-3H3,(H,15,16). The summed E-state index contributed by atoms with van der Waals surface area (Å²) >= 11 is 0. The Morgan fingerprint density at radius 1 is 1.41 bits per heavy atom. The van der Waals surface area contributed by atoms with E-state index in [1.165, 1.54) is 6.92 Å². The van der Waals surface area contributed by atoms with Gasteiger partial charge < -0.3 is 14.7 Å². The zero-order chi connectivity index (χ0) is 13.1. The number of likely N-dealkylation sites (tertiary alicyclic amines) is 1. The number of carbonyl (C=O) groups excluding carboxylic acids is 1. The minimum atomic E-state index is -1.06. The summed E-state index contributed by atoms with van der Waals surface area (Å²) in [6, 6.07) is 0. The second-order valence-corrected chi connectivity index (χ2v) is 5.13. The van der Waals surface area contributed by atoms with Crippen molar-refractivity contribution in [3.8, 4) is 0 Å². The summed E-state index contributed by atoms with van der Waals surface area (Å²) in [4.78, 5) is 24.2. The lowest BCUT2D eigenvalue weighted by Crippen LogP contribution is -2.46. The summed E-state index contributed by atoms with van der Waals surface area (Å²) in [5.41, 5.74) is 0.109. The van der Waals surface area contributed by atoms with Crippen LogP contribution in [0, 0.1) is 11.3 Å². The van der Waals surface area contributed by atoms with E-state index in [9.17, 15) is 9.59 Å². The first kappa shape index (κ1) is 14.0. The van der Waals surface area contributed by atoms with Crippen LogP contribution < -0.4 is 0 Å². The van der Waals surface area contributed by atoms with Crippen LogP contribution in [0.5, 0.6) is 0 Å². The van der Waals surface area contributed by atoms with Crippen LogP contribution in [-0.2, 0) is 14.3 Å². The van der Waals surface area contributed by atoms with E-state index >= 15 is 0 Å². The summed E-state index contributed by atoms with van der Waals surface area (Å²) in [5.74, 6) is -2.28. The second kappa shape index (κ2) is 5.49. The number of carboxylic acid groups (broad SMARTS) is 1. The van der Waals surface area contributed by atoms with Crippen molar-refractivity contribution < 1.29 is 19.4 Å². The Balaban J connectivity index is 2.52. The zero-order valence-corrected chi connectivity index (χ0v) is 10.7. The fourth-order valence-corrected chi connectivity index (χ4v) is 2.14. The maximum Gasteiger partial charge on any atom is 0.315 e. The molecule has 1 unspecified atom stereocenters. The molecule has 1 saturated heterocycles. The van der Waals surface area contributed by atoms with E-state index in [1.807, 2.05) is 0 Å². The number of methoxy groups -OCH3 is 1. The summed E-state index contributed by atoms with van der Waals surface area (Å²) in [6.07, 6.45) is 1.72. The average Bonchev–Trinajstić information content (AvgIpc) is 2.28. The maximum atomic E-state index is 11.8. The Morgan fingerprint density at radius 2 is 1.94 bits per heavy atom. The van der Waals surface area contributed by atoms with Crippen molar-refractivity contribution in [1.29, 1.82) is 0 Å². The smallest absolute Gasteiger partial charge is 0.315 e. The number of piperidine rings is 1. The fraction of sp³-hybridized carbons (Fsp3) is 0.833. The molecule has 5 heteroatoms. The molecular formula is C12H21NO4. The van der Waals surface area contributed by atoms with E-state index in [2.05, 4.69) is 6.92 Å². The molecule has 98 valence electrons. The fourth-order valence-electron chi connectivity index (χ4n) is 2.14. The van der Waals surface area contributed by atoms with Crippen LogP contribution in [0.2, 0.25) is 0 Å². The summed E-state index contributed by atoms with van der Waals surface area (Å²) in [7, 11) is 1.68. The third-order valence-electron chi connectivity index (χ3n) is 3.52. The van der Waals surface area contributed by atoms with Crippen LogP contribution >= 0.6 is 0 Å². The third kappa shape index (κ3) is 3.43. The lowest BCUT2D eigenvalue weighted by molar-refractivity contribution is -0.151. The first-order chi connectivity index (χ1) is 7.89. The Bertz CT molecular complexity index is 295. The molecule has 1 heterocycles. The molecule has 0 spiro atoms. The lowest BCUT2D eigenvalue weighted by Gasteiger charge is -2.39. The Kier molecular flexibility index (Phi) is 4.51. The SMILES string of the molecule is COCC1(C)CCN(C(=O)C(C)C(=O)O)CC1. The van der Waals surface area contributed by atoms with Gasteiger partial charge in [0.05, 0.1) is 6.61 Å². The van der Waals surface area contributed by atoms with Gasteiger partial charge in [0.25, 0.3) is 0 Å². The van der Waals surface area contributed by atoms with Crippen molar-refractivity contribution in [2.45, 2.75) is 26.7 Å². The van der Waals surface area contributed by atoms with Gasteiger partial charge in [0.15, 0.2) is 0 Å². The first-order valence-electron chi connectivity index (χ1n) is 5.90. The predicted molar refractivity (Wildman–Crippen MR) is 62.6 cm³/mol. The summed E-state index contributed by atoms with van der Waals surface area (Å²) in [5, 5.41) is 8.80. The molecule has 1 aliphatic rings. The van der Waals surface area contributed by atoms with E-state index in [-0.39, 0.29) is 11.3 Å². The second-order valence-electron chi connectivity index (χ2n) is 5.13. The molecule has 0 aromatic rings. The number of carbonyl (C=O) groups is 2. The maximum absolute atomic E-state index is 11.8. The van der Waals surface area contributed by atoms with Gasteiger partial charge in [-0.05, 0) is 25.2 Å². The normalized spacial score (nSPS) is 21.0. The number of amides is 1. The number of hydrogen-bond acceptors (Lipinski definition) is 3. The van der Waals surface area contributed by atoms with Gasteiger partial charge in [-0.15, -0.1) is 0 Å². The van der Waals surface area contributed by atoms with Crippen LogP contribution in [-0.4, -0.2) is 48.7 Å². The first-order valence-corrected chi connectivity index (χ1v) is 5.90. The van der Waals surface area contributed by atoms with Crippen molar-refractivity contribution in [2.75, 3.05) is 26.8 Å². The van der Waals surface area contributed by atoms with Crippen molar-refractivity contribution >= 4 is 11.9 Å². The Labute approximate surface area is 102 Å². The number of ether oxygens (including phenoxy) is 1. The minimum absolute atomic E-state index is 0.109. The third-order valence-corrected chi connectivity index (χ3v) is 3.52. The summed E-state index contributed by atoms with van der Waals surface area (Å²) in [6.45, 7) is 5.50. The minimum Gasteiger partial charge on any atom is -0.481 e. The summed E-state index contributed by atoms with van der Waals surface area (Å²) < 4.78 is 5.17. The highest BCUT2D eigenvalue weighted by Gasteiger charge is 2.34. The quantitative estimate of drug-likeness (QED) is 0.747. The largest absolute Gasteiger partial charge is 0.481 e. The molecule has 17 heavy (non-hydrogen) atoms. The molecule has 1 atom stereocenters. The van der Waals surface area contributed by atoms with Crippen LogP contribution in [0.15, 0.2) is 0 Å². The molecule has 0 aliphatic carbocycles. The van der Waals surface area contributed by atoms with Gasteiger partial charge in [-0.3, -0.25) is 9.59 Å². The highest BCUT2D eigenvalue weighted by atomic mass is 16.5. The molecule has 1 fully saturated rings. The van der Waals surface area contributed by atoms with Crippen LogP contribution in [0.1, 0.15) is 26.7 Å². The number of carboxylic acids is 1. The van der Waals surface area contributed by atoms with Crippen molar-refractivity contribution in [3.63, 3.8) is 0 Å². The molecular weight excluding hydrogens is 222 g/mol. The highest BCUT2D eigenvalue weighted by molar-refractivity contribution is 5.96. The van der Waals surface area contributed by atoms with Gasteiger partial charge in [-0.25, -0.2) is 0 Å². The van der Waals surface area contributed by atoms with Crippen molar-refractivity contribution in [3.05, 3.63) is 0 Å². The molecule has 0 bridgehead atoms. The zero-order valence-electron chi connectivity index (χ0n) is 10.7. The molecule has 1 aliphatic heterocycles. The molecule has 0 aromatic heterocycles. The van der Waals surface area contributed by atoms with Crippen molar-refractivity contribution in [1.82, 2.24) is 4.90 Å². The van der Waals surface area contributed by atoms with E-state index in [0.717, 1.165) is 12.8 Å². The van der Waals surface area contributed by atoms with E-state index in [1.54, 1.807) is 12.0 Å². The van der Waals surface area contributed by atoms with Gasteiger partial charge in [0.1, 0.15) is 5.92 Å². The van der Waals surface area contributed by atoms with E-state index in [0.29, 0.717) is 19.7 Å². The molecule has 1 amide bonds.